The number of oxime groups is 1. The summed E-state index contributed by atoms with van der Waals surface area (Å²) in [5.74, 6) is 0.609. The second kappa shape index (κ2) is 3.01. The molecule has 1 atom stereocenters. The number of carbonyl (C=O) groups is 1. The quantitative estimate of drug-likeness (QED) is 0.597. The van der Waals surface area contributed by atoms with Crippen LogP contribution < -0.4 is 0 Å². The van der Waals surface area contributed by atoms with Crippen LogP contribution in [-0.2, 0) is 9.63 Å². The molecular formula is C9H14N2O2. The summed E-state index contributed by atoms with van der Waals surface area (Å²) >= 11 is 0. The van der Waals surface area contributed by atoms with Gasteiger partial charge in [0.05, 0.1) is 5.71 Å². The molecule has 0 radical (unpaired) electrons. The fourth-order valence-corrected chi connectivity index (χ4v) is 1.71. The highest BCUT2D eigenvalue weighted by atomic mass is 16.6. The molecule has 0 aliphatic carbocycles. The zero-order chi connectivity index (χ0) is 9.42. The predicted octanol–water partition coefficient (Wildman–Crippen LogP) is 0.629. The fourth-order valence-electron chi connectivity index (χ4n) is 1.71. The zero-order valence-corrected chi connectivity index (χ0v) is 7.99. The number of amides is 1. The maximum Gasteiger partial charge on any atom is 0.219 e. The maximum atomic E-state index is 10.9. The highest BCUT2D eigenvalue weighted by molar-refractivity contribution is 5.90. The minimum absolute atomic E-state index is 0.156. The Morgan fingerprint density at radius 2 is 2.31 bits per heavy atom. The lowest BCUT2D eigenvalue weighted by atomic mass is 9.92. The average Bonchev–Trinajstić information content (AvgIpc) is 2.31. The highest BCUT2D eigenvalue weighted by Gasteiger charge is 2.35. The fraction of sp³-hybridized carbons (Fsp3) is 0.778. The molecule has 13 heavy (non-hydrogen) atoms. The van der Waals surface area contributed by atoms with Gasteiger partial charge in [0.15, 0.2) is 0 Å². The summed E-state index contributed by atoms with van der Waals surface area (Å²) in [6.07, 6.45) is 1.15. The molecule has 0 aromatic carbocycles. The molecule has 72 valence electrons. The van der Waals surface area contributed by atoms with E-state index >= 15 is 0 Å². The van der Waals surface area contributed by atoms with Gasteiger partial charge in [0.1, 0.15) is 6.10 Å². The van der Waals surface area contributed by atoms with Crippen molar-refractivity contribution in [3.8, 4) is 0 Å². The molecule has 2 aliphatic rings. The summed E-state index contributed by atoms with van der Waals surface area (Å²) in [6, 6.07) is 0. The van der Waals surface area contributed by atoms with Gasteiger partial charge in [-0.1, -0.05) is 5.16 Å². The number of carbonyl (C=O) groups excluding carboxylic acids is 1. The highest BCUT2D eigenvalue weighted by Crippen LogP contribution is 2.23. The summed E-state index contributed by atoms with van der Waals surface area (Å²) in [5, 5.41) is 4.01. The van der Waals surface area contributed by atoms with Gasteiger partial charge < -0.3 is 9.74 Å². The Hall–Kier alpha value is -1.06. The Bertz CT molecular complexity index is 256. The van der Waals surface area contributed by atoms with E-state index in [1.807, 2.05) is 11.8 Å². The molecule has 0 aromatic heterocycles. The first-order chi connectivity index (χ1) is 6.16. The van der Waals surface area contributed by atoms with E-state index in [1.54, 1.807) is 6.92 Å². The van der Waals surface area contributed by atoms with E-state index in [2.05, 4.69) is 5.16 Å². The van der Waals surface area contributed by atoms with Crippen LogP contribution >= 0.6 is 0 Å². The van der Waals surface area contributed by atoms with Crippen molar-refractivity contribution >= 4 is 11.6 Å². The number of hydrogen-bond acceptors (Lipinski definition) is 3. The van der Waals surface area contributed by atoms with Gasteiger partial charge in [-0.3, -0.25) is 4.79 Å². The van der Waals surface area contributed by atoms with Gasteiger partial charge in [-0.05, 0) is 6.92 Å². The van der Waals surface area contributed by atoms with Crippen molar-refractivity contribution in [3.05, 3.63) is 0 Å². The predicted molar refractivity (Wildman–Crippen MR) is 48.3 cm³/mol. The molecule has 0 saturated carbocycles. The summed E-state index contributed by atoms with van der Waals surface area (Å²) in [4.78, 5) is 17.8. The largest absolute Gasteiger partial charge is 0.392 e. The molecule has 4 heteroatoms. The van der Waals surface area contributed by atoms with Crippen LogP contribution in [-0.4, -0.2) is 35.7 Å². The lowest BCUT2D eigenvalue weighted by molar-refractivity contribution is -0.133. The van der Waals surface area contributed by atoms with Crippen molar-refractivity contribution in [2.75, 3.05) is 13.1 Å². The van der Waals surface area contributed by atoms with Gasteiger partial charge in [-0.2, -0.15) is 0 Å². The second-order valence-corrected chi connectivity index (χ2v) is 3.82. The van der Waals surface area contributed by atoms with Crippen LogP contribution in [0.1, 0.15) is 20.3 Å². The van der Waals surface area contributed by atoms with E-state index in [4.69, 9.17) is 4.84 Å². The topological polar surface area (TPSA) is 41.9 Å². The van der Waals surface area contributed by atoms with Crippen LogP contribution in [0.5, 0.6) is 0 Å². The number of hydrogen-bond donors (Lipinski definition) is 0. The van der Waals surface area contributed by atoms with E-state index < -0.39 is 0 Å². The molecular weight excluding hydrogens is 168 g/mol. The summed E-state index contributed by atoms with van der Waals surface area (Å²) < 4.78 is 0. The van der Waals surface area contributed by atoms with Gasteiger partial charge in [0.25, 0.3) is 0 Å². The monoisotopic (exact) mass is 182 g/mol. The first kappa shape index (κ1) is 8.53. The van der Waals surface area contributed by atoms with Crippen molar-refractivity contribution in [3.63, 3.8) is 0 Å². The Morgan fingerprint density at radius 3 is 2.77 bits per heavy atom. The van der Waals surface area contributed by atoms with Crippen molar-refractivity contribution in [2.24, 2.45) is 11.1 Å². The summed E-state index contributed by atoms with van der Waals surface area (Å²) in [6.45, 7) is 5.26. The SMILES string of the molecule is CC(=O)N1CC(C2=NOC(C)C2)C1. The molecule has 2 heterocycles. The Kier molecular flexibility index (Phi) is 1.98. The Morgan fingerprint density at radius 1 is 1.62 bits per heavy atom. The smallest absolute Gasteiger partial charge is 0.219 e. The summed E-state index contributed by atoms with van der Waals surface area (Å²) in [5.41, 5.74) is 1.13. The molecule has 0 spiro atoms. The van der Waals surface area contributed by atoms with Gasteiger partial charge >= 0.3 is 0 Å². The molecule has 0 N–H and O–H groups in total. The van der Waals surface area contributed by atoms with E-state index in [9.17, 15) is 4.79 Å². The van der Waals surface area contributed by atoms with E-state index in [0.717, 1.165) is 25.2 Å². The molecule has 1 saturated heterocycles. The molecule has 2 rings (SSSR count). The van der Waals surface area contributed by atoms with Crippen molar-refractivity contribution in [2.45, 2.75) is 26.4 Å². The van der Waals surface area contributed by atoms with Crippen LogP contribution in [0.25, 0.3) is 0 Å². The average molecular weight is 182 g/mol. The molecule has 2 aliphatic heterocycles. The molecule has 0 aromatic rings. The normalized spacial score (nSPS) is 28.0. The standard InChI is InChI=1S/C9H14N2O2/c1-6-3-9(10-13-6)8-4-11(5-8)7(2)12/h6,8H,3-5H2,1-2H3. The Labute approximate surface area is 77.5 Å². The Balaban J connectivity index is 1.84. The lowest BCUT2D eigenvalue weighted by Crippen LogP contribution is -2.52. The summed E-state index contributed by atoms with van der Waals surface area (Å²) in [7, 11) is 0. The molecule has 1 amide bonds. The minimum Gasteiger partial charge on any atom is -0.392 e. The van der Waals surface area contributed by atoms with Crippen molar-refractivity contribution in [1.29, 1.82) is 0 Å². The van der Waals surface area contributed by atoms with Crippen LogP contribution in [0.4, 0.5) is 0 Å². The van der Waals surface area contributed by atoms with E-state index in [1.165, 1.54) is 0 Å². The van der Waals surface area contributed by atoms with Gasteiger partial charge in [-0.25, -0.2) is 0 Å². The third-order valence-electron chi connectivity index (χ3n) is 2.64. The van der Waals surface area contributed by atoms with Crippen LogP contribution in [0.3, 0.4) is 0 Å². The first-order valence-electron chi connectivity index (χ1n) is 4.65. The van der Waals surface area contributed by atoms with Gasteiger partial charge in [0.2, 0.25) is 5.91 Å². The number of rotatable bonds is 1. The lowest BCUT2D eigenvalue weighted by Gasteiger charge is -2.38. The number of likely N-dealkylation sites (tertiary alicyclic amines) is 1. The van der Waals surface area contributed by atoms with E-state index in [-0.39, 0.29) is 12.0 Å². The van der Waals surface area contributed by atoms with Crippen molar-refractivity contribution in [1.82, 2.24) is 4.90 Å². The first-order valence-corrected chi connectivity index (χ1v) is 4.65. The van der Waals surface area contributed by atoms with Crippen LogP contribution in [0.2, 0.25) is 0 Å². The number of nitrogens with zero attached hydrogens (tertiary/aromatic N) is 2. The molecule has 0 bridgehead atoms. The van der Waals surface area contributed by atoms with Gasteiger partial charge in [0, 0.05) is 32.4 Å². The molecule has 4 nitrogen and oxygen atoms in total. The van der Waals surface area contributed by atoms with Crippen molar-refractivity contribution < 1.29 is 9.63 Å². The third-order valence-corrected chi connectivity index (χ3v) is 2.64. The van der Waals surface area contributed by atoms with Gasteiger partial charge in [-0.15, -0.1) is 0 Å². The third kappa shape index (κ3) is 1.53. The minimum atomic E-state index is 0.156. The maximum absolute atomic E-state index is 10.9. The second-order valence-electron chi connectivity index (χ2n) is 3.82. The van der Waals surface area contributed by atoms with Crippen LogP contribution in [0, 0.1) is 5.92 Å². The molecule has 1 unspecified atom stereocenters. The van der Waals surface area contributed by atoms with Crippen LogP contribution in [0.15, 0.2) is 5.16 Å². The zero-order valence-electron chi connectivity index (χ0n) is 7.99. The molecule has 1 fully saturated rings. The van der Waals surface area contributed by atoms with E-state index in [0.29, 0.717) is 5.92 Å².